The number of ether oxygens (including phenoxy) is 2. The molecule has 4 rings (SSSR count). The molecule has 2 aliphatic rings. The molecule has 0 spiro atoms. The molecule has 2 aromatic rings. The Bertz CT molecular complexity index is 859. The van der Waals surface area contributed by atoms with Crippen LogP contribution in [0.2, 0.25) is 0 Å². The van der Waals surface area contributed by atoms with Gasteiger partial charge in [0.05, 0.1) is 31.9 Å². The van der Waals surface area contributed by atoms with Gasteiger partial charge in [-0.25, -0.2) is 4.98 Å². The van der Waals surface area contributed by atoms with Gasteiger partial charge in [0.15, 0.2) is 5.13 Å². The minimum atomic E-state index is -0.218. The first-order chi connectivity index (χ1) is 13.7. The normalized spacial score (nSPS) is 19.0. The molecule has 0 radical (unpaired) electrons. The fourth-order valence-electron chi connectivity index (χ4n) is 3.63. The Morgan fingerprint density at radius 2 is 2.00 bits per heavy atom. The Hall–Kier alpha value is -2.45. The summed E-state index contributed by atoms with van der Waals surface area (Å²) < 4.78 is 10.5. The van der Waals surface area contributed by atoms with Gasteiger partial charge >= 0.3 is 0 Å². The van der Waals surface area contributed by atoms with Crippen LogP contribution in [0, 0.1) is 0 Å². The van der Waals surface area contributed by atoms with Gasteiger partial charge in [0.25, 0.3) is 5.91 Å². The maximum Gasteiger partial charge on any atom is 0.257 e. The predicted molar refractivity (Wildman–Crippen MR) is 106 cm³/mol. The van der Waals surface area contributed by atoms with E-state index in [9.17, 15) is 9.59 Å². The van der Waals surface area contributed by atoms with Gasteiger partial charge in [-0.1, -0.05) is 0 Å². The number of nitrogens with one attached hydrogen (secondary N) is 1. The molecular formula is C20H23N3O4S. The second-order valence-electron chi connectivity index (χ2n) is 6.89. The first-order valence-corrected chi connectivity index (χ1v) is 10.3. The van der Waals surface area contributed by atoms with Crippen molar-refractivity contribution in [3.8, 4) is 5.75 Å². The molecule has 1 aromatic heterocycles. The van der Waals surface area contributed by atoms with Crippen LogP contribution in [0.15, 0.2) is 24.3 Å². The topological polar surface area (TPSA) is 80.8 Å². The molecule has 148 valence electrons. The van der Waals surface area contributed by atoms with Crippen LogP contribution in [0.4, 0.5) is 5.13 Å². The number of nitrogens with zero attached hydrogens (tertiary/aromatic N) is 2. The maximum absolute atomic E-state index is 13.0. The van der Waals surface area contributed by atoms with Crippen molar-refractivity contribution in [2.45, 2.75) is 25.2 Å². The zero-order valence-electron chi connectivity index (χ0n) is 15.8. The fraction of sp³-hybridized carbons (Fsp3) is 0.450. The first kappa shape index (κ1) is 18.9. The summed E-state index contributed by atoms with van der Waals surface area (Å²) >= 11 is 1.47. The molecule has 1 fully saturated rings. The number of anilines is 1. The summed E-state index contributed by atoms with van der Waals surface area (Å²) in [5, 5.41) is 3.42. The molecule has 1 aromatic carbocycles. The van der Waals surface area contributed by atoms with Crippen LogP contribution >= 0.6 is 11.3 Å². The third-order valence-corrected chi connectivity index (χ3v) is 6.19. The van der Waals surface area contributed by atoms with Crippen molar-refractivity contribution in [3.63, 3.8) is 0 Å². The van der Waals surface area contributed by atoms with Crippen LogP contribution < -0.4 is 10.1 Å². The molecule has 0 unspecified atom stereocenters. The highest BCUT2D eigenvalue weighted by molar-refractivity contribution is 7.15. The van der Waals surface area contributed by atoms with E-state index in [0.29, 0.717) is 42.7 Å². The SMILES string of the molecule is COc1ccc(C(=O)Nc2nc3c(s2)CCC[C@@H]3C(=O)N2CCOCC2)cc1. The predicted octanol–water partition coefficient (Wildman–Crippen LogP) is 2.68. The number of methoxy groups -OCH3 is 1. The molecule has 2 heterocycles. The Morgan fingerprint density at radius 1 is 1.25 bits per heavy atom. The lowest BCUT2D eigenvalue weighted by molar-refractivity contribution is -0.137. The van der Waals surface area contributed by atoms with Crippen LogP contribution in [-0.4, -0.2) is 55.1 Å². The van der Waals surface area contributed by atoms with E-state index in [1.165, 1.54) is 11.3 Å². The molecule has 0 saturated carbocycles. The minimum Gasteiger partial charge on any atom is -0.497 e. The van der Waals surface area contributed by atoms with Crippen molar-refractivity contribution < 1.29 is 19.1 Å². The van der Waals surface area contributed by atoms with Gasteiger partial charge in [-0.2, -0.15) is 0 Å². The molecule has 8 heteroatoms. The zero-order valence-corrected chi connectivity index (χ0v) is 16.6. The van der Waals surface area contributed by atoms with Gasteiger partial charge in [-0.05, 0) is 43.5 Å². The Morgan fingerprint density at radius 3 is 2.71 bits per heavy atom. The van der Waals surface area contributed by atoms with E-state index in [4.69, 9.17) is 9.47 Å². The van der Waals surface area contributed by atoms with E-state index in [0.717, 1.165) is 29.8 Å². The summed E-state index contributed by atoms with van der Waals surface area (Å²) in [6, 6.07) is 6.93. The van der Waals surface area contributed by atoms with Crippen LogP contribution in [0.1, 0.15) is 39.7 Å². The van der Waals surface area contributed by atoms with Crippen molar-refractivity contribution in [2.75, 3.05) is 38.7 Å². The van der Waals surface area contributed by atoms with Gasteiger partial charge in [0.2, 0.25) is 5.91 Å². The highest BCUT2D eigenvalue weighted by atomic mass is 32.1. The highest BCUT2D eigenvalue weighted by Crippen LogP contribution is 2.38. The van der Waals surface area contributed by atoms with E-state index in [2.05, 4.69) is 10.3 Å². The molecule has 7 nitrogen and oxygen atoms in total. The number of carbonyl (C=O) groups excluding carboxylic acids is 2. The molecule has 0 bridgehead atoms. The summed E-state index contributed by atoms with van der Waals surface area (Å²) in [7, 11) is 1.59. The first-order valence-electron chi connectivity index (χ1n) is 9.47. The van der Waals surface area contributed by atoms with Gasteiger partial charge in [0, 0.05) is 23.5 Å². The molecule has 1 N–H and O–H groups in total. The lowest BCUT2D eigenvalue weighted by Crippen LogP contribution is -2.43. The second-order valence-corrected chi connectivity index (χ2v) is 7.98. The van der Waals surface area contributed by atoms with Crippen molar-refractivity contribution in [2.24, 2.45) is 0 Å². The number of hydrogen-bond donors (Lipinski definition) is 1. The van der Waals surface area contributed by atoms with Crippen LogP contribution in [0.25, 0.3) is 0 Å². The number of aryl methyl sites for hydroxylation is 1. The number of carbonyl (C=O) groups is 2. The molecular weight excluding hydrogens is 378 g/mol. The number of aromatic nitrogens is 1. The summed E-state index contributed by atoms with van der Waals surface area (Å²) in [4.78, 5) is 33.1. The largest absolute Gasteiger partial charge is 0.497 e. The van der Waals surface area contributed by atoms with Crippen molar-refractivity contribution >= 4 is 28.3 Å². The molecule has 2 amide bonds. The number of thiazole rings is 1. The quantitative estimate of drug-likeness (QED) is 0.852. The highest BCUT2D eigenvalue weighted by Gasteiger charge is 2.33. The van der Waals surface area contributed by atoms with E-state index < -0.39 is 0 Å². The average Bonchev–Trinajstić information content (AvgIpc) is 3.16. The monoisotopic (exact) mass is 401 g/mol. The zero-order chi connectivity index (χ0) is 19.5. The van der Waals surface area contributed by atoms with Crippen LogP contribution in [0.3, 0.4) is 0 Å². The van der Waals surface area contributed by atoms with Gasteiger partial charge in [-0.15, -0.1) is 11.3 Å². The average molecular weight is 401 g/mol. The van der Waals surface area contributed by atoms with E-state index >= 15 is 0 Å². The number of rotatable bonds is 4. The number of morpholine rings is 1. The summed E-state index contributed by atoms with van der Waals surface area (Å²) in [5.74, 6) is 0.392. The fourth-order valence-corrected chi connectivity index (χ4v) is 4.69. The summed E-state index contributed by atoms with van der Waals surface area (Å²) in [6.07, 6.45) is 2.67. The van der Waals surface area contributed by atoms with Gasteiger partial charge in [-0.3, -0.25) is 14.9 Å². The van der Waals surface area contributed by atoms with Gasteiger partial charge < -0.3 is 14.4 Å². The Balaban J connectivity index is 1.49. The maximum atomic E-state index is 13.0. The molecule has 28 heavy (non-hydrogen) atoms. The Labute approximate surface area is 167 Å². The summed E-state index contributed by atoms with van der Waals surface area (Å²) in [6.45, 7) is 2.45. The van der Waals surface area contributed by atoms with Crippen LogP contribution in [0.5, 0.6) is 5.75 Å². The molecule has 1 atom stereocenters. The molecule has 1 saturated heterocycles. The molecule has 1 aliphatic heterocycles. The minimum absolute atomic E-state index is 0.127. The second kappa shape index (κ2) is 8.28. The lowest BCUT2D eigenvalue weighted by Gasteiger charge is -2.31. The van der Waals surface area contributed by atoms with E-state index in [1.54, 1.807) is 31.4 Å². The number of hydrogen-bond acceptors (Lipinski definition) is 6. The van der Waals surface area contributed by atoms with Gasteiger partial charge in [0.1, 0.15) is 5.75 Å². The standard InChI is InChI=1S/C20H23N3O4S/c1-26-14-7-5-13(6-8-14)18(24)22-20-21-17-15(3-2-4-16(17)28-20)19(25)23-9-11-27-12-10-23/h5-8,15H,2-4,9-12H2,1H3,(H,21,22,24)/t15-/m0/s1. The summed E-state index contributed by atoms with van der Waals surface area (Å²) in [5.41, 5.74) is 1.37. The van der Waals surface area contributed by atoms with E-state index in [1.807, 2.05) is 4.90 Å². The van der Waals surface area contributed by atoms with E-state index in [-0.39, 0.29) is 17.7 Å². The number of amides is 2. The third kappa shape index (κ3) is 3.88. The Kier molecular flexibility index (Phi) is 5.59. The number of fused-ring (bicyclic) bond motifs is 1. The van der Waals surface area contributed by atoms with Crippen molar-refractivity contribution in [1.82, 2.24) is 9.88 Å². The third-order valence-electron chi connectivity index (χ3n) is 5.15. The smallest absolute Gasteiger partial charge is 0.257 e. The van der Waals surface area contributed by atoms with Crippen LogP contribution in [-0.2, 0) is 16.0 Å². The number of benzene rings is 1. The van der Waals surface area contributed by atoms with Crippen molar-refractivity contribution in [3.05, 3.63) is 40.4 Å². The lowest BCUT2D eigenvalue weighted by atomic mass is 9.90. The van der Waals surface area contributed by atoms with Crippen molar-refractivity contribution in [1.29, 1.82) is 0 Å². The molecule has 1 aliphatic carbocycles.